The quantitative estimate of drug-likeness (QED) is 0.532. The highest BCUT2D eigenvalue weighted by molar-refractivity contribution is 5.80. The van der Waals surface area contributed by atoms with Crippen molar-refractivity contribution in [2.45, 2.75) is 20.8 Å². The number of hydrogen-bond acceptors (Lipinski definition) is 2. The van der Waals surface area contributed by atoms with E-state index in [9.17, 15) is 9.59 Å². The molecule has 0 aliphatic rings. The van der Waals surface area contributed by atoms with Crippen molar-refractivity contribution in [2.24, 2.45) is 11.8 Å². The molecule has 0 spiro atoms. The largest absolute Gasteiger partial charge is 0.303 e. The summed E-state index contributed by atoms with van der Waals surface area (Å²) in [4.78, 5) is 20.7. The minimum atomic E-state index is -0.137. The third-order valence-electron chi connectivity index (χ3n) is 1.64. The highest BCUT2D eigenvalue weighted by atomic mass is 16.1. The molecule has 0 heterocycles. The van der Waals surface area contributed by atoms with Crippen LogP contribution >= 0.6 is 0 Å². The summed E-state index contributed by atoms with van der Waals surface area (Å²) >= 11 is 0. The van der Waals surface area contributed by atoms with Gasteiger partial charge in [-0.25, -0.2) is 0 Å². The molecule has 0 bridgehead atoms. The van der Waals surface area contributed by atoms with Crippen molar-refractivity contribution >= 4 is 12.1 Å². The summed E-state index contributed by atoms with van der Waals surface area (Å²) in [5.74, 6) is -0.181. The third kappa shape index (κ3) is 2.40. The normalized spacial score (nSPS) is 16.3. The Balaban J connectivity index is 3.86. The predicted molar refractivity (Wildman–Crippen MR) is 35.1 cm³/mol. The van der Waals surface area contributed by atoms with Crippen LogP contribution in [0.5, 0.6) is 0 Å². The molecule has 0 aromatic heterocycles. The van der Waals surface area contributed by atoms with E-state index in [2.05, 4.69) is 0 Å². The SMILES string of the molecule is CC(=O)C(C)C(C)C=O. The van der Waals surface area contributed by atoms with Crippen molar-refractivity contribution in [1.29, 1.82) is 0 Å². The van der Waals surface area contributed by atoms with Gasteiger partial charge in [0.15, 0.2) is 0 Å². The monoisotopic (exact) mass is 128 g/mol. The van der Waals surface area contributed by atoms with Crippen LogP contribution < -0.4 is 0 Å². The van der Waals surface area contributed by atoms with Crippen LogP contribution in [-0.2, 0) is 9.59 Å². The predicted octanol–water partition coefficient (Wildman–Crippen LogP) is 1.05. The van der Waals surface area contributed by atoms with Crippen LogP contribution in [0.25, 0.3) is 0 Å². The second kappa shape index (κ2) is 3.38. The highest BCUT2D eigenvalue weighted by Crippen LogP contribution is 2.07. The Bertz CT molecular complexity index is 118. The van der Waals surface area contributed by atoms with Crippen molar-refractivity contribution in [3.8, 4) is 0 Å². The number of carbonyl (C=O) groups excluding carboxylic acids is 2. The molecule has 0 aliphatic carbocycles. The van der Waals surface area contributed by atoms with Gasteiger partial charge in [-0.05, 0) is 6.92 Å². The van der Waals surface area contributed by atoms with E-state index in [1.54, 1.807) is 13.8 Å². The Labute approximate surface area is 55.3 Å². The van der Waals surface area contributed by atoms with Crippen LogP contribution in [0.15, 0.2) is 0 Å². The zero-order valence-corrected chi connectivity index (χ0v) is 6.05. The Morgan fingerprint density at radius 3 is 2.00 bits per heavy atom. The molecule has 2 atom stereocenters. The molecule has 0 aromatic carbocycles. The van der Waals surface area contributed by atoms with Gasteiger partial charge in [-0.2, -0.15) is 0 Å². The first-order valence-corrected chi connectivity index (χ1v) is 3.05. The van der Waals surface area contributed by atoms with Crippen LogP contribution in [0.4, 0.5) is 0 Å². The average Bonchev–Trinajstić information content (AvgIpc) is 1.84. The van der Waals surface area contributed by atoms with E-state index in [0.29, 0.717) is 0 Å². The van der Waals surface area contributed by atoms with Crippen LogP contribution in [0, 0.1) is 11.8 Å². The van der Waals surface area contributed by atoms with Gasteiger partial charge in [0.25, 0.3) is 0 Å². The average molecular weight is 128 g/mol. The van der Waals surface area contributed by atoms with E-state index < -0.39 is 0 Å². The molecule has 9 heavy (non-hydrogen) atoms. The Morgan fingerprint density at radius 2 is 1.89 bits per heavy atom. The summed E-state index contributed by atoms with van der Waals surface area (Å²) in [7, 11) is 0. The van der Waals surface area contributed by atoms with E-state index >= 15 is 0 Å². The first kappa shape index (κ1) is 8.34. The number of aldehydes is 1. The lowest BCUT2D eigenvalue weighted by molar-refractivity contribution is -0.124. The van der Waals surface area contributed by atoms with Gasteiger partial charge in [-0.3, -0.25) is 4.79 Å². The molecular weight excluding hydrogens is 116 g/mol. The van der Waals surface area contributed by atoms with Crippen molar-refractivity contribution in [1.82, 2.24) is 0 Å². The zero-order chi connectivity index (χ0) is 7.44. The summed E-state index contributed by atoms with van der Waals surface area (Å²) < 4.78 is 0. The molecule has 2 unspecified atom stereocenters. The Morgan fingerprint density at radius 1 is 1.44 bits per heavy atom. The van der Waals surface area contributed by atoms with E-state index in [4.69, 9.17) is 0 Å². The minimum Gasteiger partial charge on any atom is -0.303 e. The maximum absolute atomic E-state index is 10.6. The summed E-state index contributed by atoms with van der Waals surface area (Å²) in [6.07, 6.45) is 0.812. The highest BCUT2D eigenvalue weighted by Gasteiger charge is 2.14. The number of carbonyl (C=O) groups is 2. The van der Waals surface area contributed by atoms with Crippen LogP contribution in [0.1, 0.15) is 20.8 Å². The summed E-state index contributed by atoms with van der Waals surface area (Å²) in [5.41, 5.74) is 0. The van der Waals surface area contributed by atoms with E-state index in [1.807, 2.05) is 0 Å². The van der Waals surface area contributed by atoms with Gasteiger partial charge < -0.3 is 4.79 Å². The second-order valence-corrected chi connectivity index (χ2v) is 2.39. The lowest BCUT2D eigenvalue weighted by Crippen LogP contribution is -2.16. The molecule has 0 saturated heterocycles. The molecule has 52 valence electrons. The van der Waals surface area contributed by atoms with E-state index in [1.165, 1.54) is 6.92 Å². The van der Waals surface area contributed by atoms with Gasteiger partial charge in [-0.1, -0.05) is 13.8 Å². The molecule has 2 nitrogen and oxygen atoms in total. The van der Waals surface area contributed by atoms with Gasteiger partial charge in [-0.15, -0.1) is 0 Å². The molecule has 0 amide bonds. The number of hydrogen-bond donors (Lipinski definition) is 0. The first-order valence-electron chi connectivity index (χ1n) is 3.05. The van der Waals surface area contributed by atoms with E-state index in [-0.39, 0.29) is 17.6 Å². The first-order chi connectivity index (χ1) is 4.09. The number of Topliss-reactive ketones (excluding diaryl/α,β-unsaturated/α-hetero) is 1. The number of rotatable bonds is 3. The molecular formula is C7H12O2. The fourth-order valence-corrected chi connectivity index (χ4v) is 0.488. The minimum absolute atomic E-state index is 0.0783. The van der Waals surface area contributed by atoms with Crippen LogP contribution in [0.3, 0.4) is 0 Å². The molecule has 0 fully saturated rings. The van der Waals surface area contributed by atoms with Gasteiger partial charge in [0, 0.05) is 11.8 Å². The Kier molecular flexibility index (Phi) is 3.13. The topological polar surface area (TPSA) is 34.1 Å². The smallest absolute Gasteiger partial charge is 0.133 e. The summed E-state index contributed by atoms with van der Waals surface area (Å²) in [5, 5.41) is 0. The lowest BCUT2D eigenvalue weighted by Gasteiger charge is -2.08. The number of ketones is 1. The standard InChI is InChI=1S/C7H12O2/c1-5(4-8)6(2)7(3)9/h4-6H,1-3H3. The molecule has 0 rings (SSSR count). The fourth-order valence-electron chi connectivity index (χ4n) is 0.488. The zero-order valence-electron chi connectivity index (χ0n) is 6.05. The third-order valence-corrected chi connectivity index (χ3v) is 1.64. The summed E-state index contributed by atoms with van der Waals surface area (Å²) in [6.45, 7) is 5.02. The van der Waals surface area contributed by atoms with E-state index in [0.717, 1.165) is 6.29 Å². The maximum Gasteiger partial charge on any atom is 0.133 e. The molecule has 0 radical (unpaired) electrons. The lowest BCUT2D eigenvalue weighted by atomic mass is 9.94. The van der Waals surface area contributed by atoms with Crippen LogP contribution in [-0.4, -0.2) is 12.1 Å². The maximum atomic E-state index is 10.6. The Hall–Kier alpha value is -0.660. The van der Waals surface area contributed by atoms with Gasteiger partial charge in [0.1, 0.15) is 12.1 Å². The van der Waals surface area contributed by atoms with Crippen molar-refractivity contribution in [3.63, 3.8) is 0 Å². The molecule has 0 saturated carbocycles. The molecule has 0 aliphatic heterocycles. The fraction of sp³-hybridized carbons (Fsp3) is 0.714. The molecule has 2 heteroatoms. The van der Waals surface area contributed by atoms with Gasteiger partial charge >= 0.3 is 0 Å². The van der Waals surface area contributed by atoms with Gasteiger partial charge in [0.05, 0.1) is 0 Å². The van der Waals surface area contributed by atoms with Crippen molar-refractivity contribution in [2.75, 3.05) is 0 Å². The van der Waals surface area contributed by atoms with Gasteiger partial charge in [0.2, 0.25) is 0 Å². The van der Waals surface area contributed by atoms with Crippen LogP contribution in [0.2, 0.25) is 0 Å². The molecule has 0 N–H and O–H groups in total. The molecule has 0 aromatic rings. The van der Waals surface area contributed by atoms with Crippen molar-refractivity contribution < 1.29 is 9.59 Å². The summed E-state index contributed by atoms with van der Waals surface area (Å²) in [6, 6.07) is 0. The van der Waals surface area contributed by atoms with Crippen molar-refractivity contribution in [3.05, 3.63) is 0 Å². The second-order valence-electron chi connectivity index (χ2n) is 2.39.